The summed E-state index contributed by atoms with van der Waals surface area (Å²) in [7, 11) is 0. The monoisotopic (exact) mass is 153 g/mol. The molecular weight excluding hydrogens is 138 g/mol. The predicted molar refractivity (Wildman–Crippen MR) is 45.1 cm³/mol. The quantitative estimate of drug-likeness (QED) is 0.674. The third-order valence-electron chi connectivity index (χ3n) is 1.76. The smallest absolute Gasteiger partial charge is 0.123 e. The maximum absolute atomic E-state index is 5.86. The van der Waals surface area contributed by atoms with Gasteiger partial charge in [0.15, 0.2) is 0 Å². The van der Waals surface area contributed by atoms with E-state index in [1.165, 1.54) is 0 Å². The number of nitrogens with zero attached hydrogens (tertiary/aromatic N) is 1. The van der Waals surface area contributed by atoms with E-state index in [-0.39, 0.29) is 6.04 Å². The molecule has 0 radical (unpaired) electrons. The number of nitrogens with two attached hydrogens (primary N) is 1. The van der Waals surface area contributed by atoms with E-state index in [9.17, 15) is 0 Å². The fourth-order valence-corrected chi connectivity index (χ4v) is 0.918. The second kappa shape index (κ2) is 3.05. The molecule has 11 heavy (non-hydrogen) atoms. The first-order valence-corrected chi connectivity index (χ1v) is 3.88. The van der Waals surface area contributed by atoms with E-state index in [0.29, 0.717) is 5.92 Å². The molecule has 62 valence electrons. The van der Waals surface area contributed by atoms with Gasteiger partial charge in [0.05, 0.1) is 6.04 Å². The number of nitrogens with one attached hydrogen (secondary N) is 1. The zero-order valence-corrected chi connectivity index (χ0v) is 7.26. The van der Waals surface area contributed by atoms with Gasteiger partial charge in [-0.3, -0.25) is 0 Å². The third kappa shape index (κ3) is 1.80. The number of aromatic amines is 1. The van der Waals surface area contributed by atoms with Crippen molar-refractivity contribution in [2.75, 3.05) is 0 Å². The topological polar surface area (TPSA) is 54.7 Å². The molecule has 3 nitrogen and oxygen atoms in total. The van der Waals surface area contributed by atoms with Gasteiger partial charge in [0.1, 0.15) is 5.82 Å². The van der Waals surface area contributed by atoms with Gasteiger partial charge in [-0.2, -0.15) is 0 Å². The van der Waals surface area contributed by atoms with Crippen molar-refractivity contribution in [1.82, 2.24) is 9.97 Å². The lowest BCUT2D eigenvalue weighted by Crippen LogP contribution is -2.18. The molecule has 0 bridgehead atoms. The standard InChI is InChI=1S/C8H15N3/c1-5(2)7(9)8-10-4-6(3)11-8/h4-5,7H,9H2,1-3H3,(H,10,11). The molecule has 1 atom stereocenters. The number of rotatable bonds is 2. The molecule has 3 heteroatoms. The second-order valence-corrected chi connectivity index (χ2v) is 3.22. The Labute approximate surface area is 67.0 Å². The van der Waals surface area contributed by atoms with Crippen molar-refractivity contribution >= 4 is 0 Å². The molecular formula is C8H15N3. The Morgan fingerprint density at radius 3 is 2.55 bits per heavy atom. The minimum Gasteiger partial charge on any atom is -0.345 e. The van der Waals surface area contributed by atoms with Crippen LogP contribution < -0.4 is 5.73 Å². The highest BCUT2D eigenvalue weighted by Crippen LogP contribution is 2.14. The lowest BCUT2D eigenvalue weighted by atomic mass is 10.1. The van der Waals surface area contributed by atoms with Crippen LogP contribution in [0.4, 0.5) is 0 Å². The van der Waals surface area contributed by atoms with Crippen molar-refractivity contribution in [1.29, 1.82) is 0 Å². The van der Waals surface area contributed by atoms with Crippen LogP contribution in [0.15, 0.2) is 6.20 Å². The lowest BCUT2D eigenvalue weighted by molar-refractivity contribution is 0.493. The molecule has 0 amide bonds. The lowest BCUT2D eigenvalue weighted by Gasteiger charge is -2.11. The van der Waals surface area contributed by atoms with Crippen molar-refractivity contribution < 1.29 is 0 Å². The SMILES string of the molecule is Cc1cnc(C(N)C(C)C)[nH]1. The van der Waals surface area contributed by atoms with Crippen LogP contribution >= 0.6 is 0 Å². The maximum Gasteiger partial charge on any atom is 0.123 e. The van der Waals surface area contributed by atoms with E-state index in [4.69, 9.17) is 5.73 Å². The third-order valence-corrected chi connectivity index (χ3v) is 1.76. The number of hydrogen-bond acceptors (Lipinski definition) is 2. The fraction of sp³-hybridized carbons (Fsp3) is 0.625. The summed E-state index contributed by atoms with van der Waals surface area (Å²) >= 11 is 0. The molecule has 0 saturated heterocycles. The van der Waals surface area contributed by atoms with Crippen LogP contribution in [-0.4, -0.2) is 9.97 Å². The molecule has 3 N–H and O–H groups in total. The zero-order valence-electron chi connectivity index (χ0n) is 7.26. The van der Waals surface area contributed by atoms with Gasteiger partial charge in [0.25, 0.3) is 0 Å². The average Bonchev–Trinajstić information content (AvgIpc) is 2.34. The first-order valence-electron chi connectivity index (χ1n) is 3.88. The van der Waals surface area contributed by atoms with Crippen molar-refractivity contribution in [3.8, 4) is 0 Å². The molecule has 0 saturated carbocycles. The summed E-state index contributed by atoms with van der Waals surface area (Å²) < 4.78 is 0. The summed E-state index contributed by atoms with van der Waals surface area (Å²) in [5.74, 6) is 1.32. The molecule has 0 spiro atoms. The minimum atomic E-state index is 0.0312. The Morgan fingerprint density at radius 1 is 1.55 bits per heavy atom. The Hall–Kier alpha value is -0.830. The highest BCUT2D eigenvalue weighted by Gasteiger charge is 2.12. The molecule has 1 aromatic rings. The number of H-pyrrole nitrogens is 1. The van der Waals surface area contributed by atoms with Gasteiger partial charge in [0.2, 0.25) is 0 Å². The van der Waals surface area contributed by atoms with E-state index >= 15 is 0 Å². The number of aryl methyl sites for hydroxylation is 1. The summed E-state index contributed by atoms with van der Waals surface area (Å²) in [6.07, 6.45) is 1.80. The van der Waals surface area contributed by atoms with E-state index in [0.717, 1.165) is 11.5 Å². The second-order valence-electron chi connectivity index (χ2n) is 3.22. The average molecular weight is 153 g/mol. The van der Waals surface area contributed by atoms with Gasteiger partial charge in [0, 0.05) is 11.9 Å². The molecule has 0 aliphatic rings. The summed E-state index contributed by atoms with van der Waals surface area (Å²) in [6, 6.07) is 0.0312. The molecule has 0 fully saturated rings. The van der Waals surface area contributed by atoms with Gasteiger partial charge >= 0.3 is 0 Å². The molecule has 1 aromatic heterocycles. The molecule has 1 unspecified atom stereocenters. The van der Waals surface area contributed by atoms with Gasteiger partial charge in [-0.05, 0) is 12.8 Å². The van der Waals surface area contributed by atoms with E-state index < -0.39 is 0 Å². The largest absolute Gasteiger partial charge is 0.345 e. The Kier molecular flexibility index (Phi) is 2.29. The Bertz CT molecular complexity index is 227. The molecule has 0 aliphatic heterocycles. The van der Waals surface area contributed by atoms with E-state index in [1.807, 2.05) is 6.92 Å². The highest BCUT2D eigenvalue weighted by atomic mass is 15.0. The van der Waals surface area contributed by atoms with Crippen LogP contribution in [0.25, 0.3) is 0 Å². The number of imidazole rings is 1. The molecule has 1 heterocycles. The predicted octanol–water partition coefficient (Wildman–Crippen LogP) is 1.37. The van der Waals surface area contributed by atoms with Crippen LogP contribution in [-0.2, 0) is 0 Å². The van der Waals surface area contributed by atoms with Gasteiger partial charge < -0.3 is 10.7 Å². The first-order chi connectivity index (χ1) is 5.11. The van der Waals surface area contributed by atoms with Crippen molar-refractivity contribution in [3.05, 3.63) is 17.7 Å². The molecule has 0 aliphatic carbocycles. The van der Waals surface area contributed by atoms with Crippen molar-refractivity contribution in [3.63, 3.8) is 0 Å². The van der Waals surface area contributed by atoms with Gasteiger partial charge in [-0.15, -0.1) is 0 Å². The summed E-state index contributed by atoms with van der Waals surface area (Å²) in [5.41, 5.74) is 6.92. The minimum absolute atomic E-state index is 0.0312. The van der Waals surface area contributed by atoms with Crippen LogP contribution in [0, 0.1) is 12.8 Å². The molecule has 1 rings (SSSR count). The van der Waals surface area contributed by atoms with Crippen molar-refractivity contribution in [2.24, 2.45) is 11.7 Å². The number of aromatic nitrogens is 2. The molecule has 0 aromatic carbocycles. The van der Waals surface area contributed by atoms with Crippen LogP contribution in [0.1, 0.15) is 31.4 Å². The van der Waals surface area contributed by atoms with E-state index in [1.54, 1.807) is 6.20 Å². The Balaban J connectivity index is 2.76. The van der Waals surface area contributed by atoms with Crippen LogP contribution in [0.5, 0.6) is 0 Å². The zero-order chi connectivity index (χ0) is 8.43. The maximum atomic E-state index is 5.86. The van der Waals surface area contributed by atoms with E-state index in [2.05, 4.69) is 23.8 Å². The number of hydrogen-bond donors (Lipinski definition) is 2. The van der Waals surface area contributed by atoms with Gasteiger partial charge in [-0.25, -0.2) is 4.98 Å². The van der Waals surface area contributed by atoms with Crippen LogP contribution in [0.3, 0.4) is 0 Å². The summed E-state index contributed by atoms with van der Waals surface area (Å²) in [5, 5.41) is 0. The highest BCUT2D eigenvalue weighted by molar-refractivity contribution is 5.02. The Morgan fingerprint density at radius 2 is 2.18 bits per heavy atom. The van der Waals surface area contributed by atoms with Crippen LogP contribution in [0.2, 0.25) is 0 Å². The summed E-state index contributed by atoms with van der Waals surface area (Å²) in [4.78, 5) is 7.28. The summed E-state index contributed by atoms with van der Waals surface area (Å²) in [6.45, 7) is 6.15. The van der Waals surface area contributed by atoms with Gasteiger partial charge in [-0.1, -0.05) is 13.8 Å². The normalized spacial score (nSPS) is 13.9. The van der Waals surface area contributed by atoms with Crippen molar-refractivity contribution in [2.45, 2.75) is 26.8 Å². The fourth-order valence-electron chi connectivity index (χ4n) is 0.918. The first kappa shape index (κ1) is 8.27.